The normalized spacial score (nSPS) is 14.4. The molecule has 3 rings (SSSR count). The molecule has 0 aliphatic heterocycles. The van der Waals surface area contributed by atoms with Crippen LogP contribution in [-0.4, -0.2) is 11.0 Å². The zero-order valence-corrected chi connectivity index (χ0v) is 13.5. The molecular weight excluding hydrogens is 280 g/mol. The minimum atomic E-state index is 0.560. The van der Waals surface area contributed by atoms with Gasteiger partial charge < -0.3 is 10.1 Å². The molecule has 0 amide bonds. The van der Waals surface area contributed by atoms with Gasteiger partial charge in [0.05, 0.1) is 5.69 Å². The molecule has 1 aromatic carbocycles. The Hall–Kier alpha value is -1.39. The van der Waals surface area contributed by atoms with Gasteiger partial charge in [0.15, 0.2) is 0 Å². The van der Waals surface area contributed by atoms with E-state index in [0.29, 0.717) is 6.61 Å². The molecule has 0 bridgehead atoms. The first-order valence-electron chi connectivity index (χ1n) is 7.65. The summed E-state index contributed by atoms with van der Waals surface area (Å²) in [6, 6.07) is 8.90. The number of aromatic nitrogens is 1. The summed E-state index contributed by atoms with van der Waals surface area (Å²) in [5.41, 5.74) is 2.47. The van der Waals surface area contributed by atoms with Crippen LogP contribution in [0, 0.1) is 6.92 Å². The summed E-state index contributed by atoms with van der Waals surface area (Å²) in [4.78, 5) is 6.08. The Morgan fingerprint density at radius 3 is 2.71 bits per heavy atom. The van der Waals surface area contributed by atoms with Gasteiger partial charge in [-0.05, 0) is 38.3 Å². The molecule has 1 heterocycles. The lowest BCUT2D eigenvalue weighted by molar-refractivity contribution is 0.305. The topological polar surface area (TPSA) is 34.1 Å². The van der Waals surface area contributed by atoms with Crippen molar-refractivity contribution in [1.82, 2.24) is 10.3 Å². The lowest BCUT2D eigenvalue weighted by Crippen LogP contribution is -2.15. The second-order valence-corrected chi connectivity index (χ2v) is 6.76. The molecule has 1 fully saturated rings. The number of nitrogens with zero attached hydrogens (tertiary/aromatic N) is 1. The van der Waals surface area contributed by atoms with Gasteiger partial charge in [-0.1, -0.05) is 24.6 Å². The molecule has 1 aliphatic rings. The van der Waals surface area contributed by atoms with E-state index >= 15 is 0 Å². The molecule has 3 nitrogen and oxygen atoms in total. The molecule has 21 heavy (non-hydrogen) atoms. The molecule has 0 atom stereocenters. The van der Waals surface area contributed by atoms with E-state index in [2.05, 4.69) is 31.3 Å². The van der Waals surface area contributed by atoms with Crippen molar-refractivity contribution in [3.63, 3.8) is 0 Å². The van der Waals surface area contributed by atoms with E-state index in [-0.39, 0.29) is 0 Å². The van der Waals surface area contributed by atoms with Crippen molar-refractivity contribution in [2.75, 3.05) is 0 Å². The second kappa shape index (κ2) is 6.58. The van der Waals surface area contributed by atoms with Crippen molar-refractivity contribution in [2.45, 2.75) is 52.3 Å². The molecule has 0 unspecified atom stereocenters. The van der Waals surface area contributed by atoms with E-state index in [1.54, 1.807) is 11.3 Å². The minimum absolute atomic E-state index is 0.560. The highest BCUT2D eigenvalue weighted by atomic mass is 32.1. The molecule has 0 saturated heterocycles. The van der Waals surface area contributed by atoms with Crippen LogP contribution in [0.25, 0.3) is 0 Å². The highest BCUT2D eigenvalue weighted by Gasteiger charge is 2.21. The maximum Gasteiger partial charge on any atom is 0.140 e. The van der Waals surface area contributed by atoms with Gasteiger partial charge in [0.25, 0.3) is 0 Å². The molecule has 1 saturated carbocycles. The number of benzene rings is 1. The number of nitrogens with one attached hydrogen (secondary N) is 1. The number of hydrogen-bond donors (Lipinski definition) is 1. The van der Waals surface area contributed by atoms with Crippen LogP contribution in [-0.2, 0) is 19.6 Å². The van der Waals surface area contributed by atoms with Crippen LogP contribution in [0.4, 0.5) is 0 Å². The second-order valence-electron chi connectivity index (χ2n) is 5.59. The smallest absolute Gasteiger partial charge is 0.140 e. The Balaban J connectivity index is 1.60. The quantitative estimate of drug-likeness (QED) is 0.843. The Labute approximate surface area is 130 Å². The van der Waals surface area contributed by atoms with E-state index in [4.69, 9.17) is 9.72 Å². The predicted octanol–water partition coefficient (Wildman–Crippen LogP) is 3.84. The molecule has 1 aliphatic carbocycles. The third-order valence-corrected chi connectivity index (χ3v) is 4.74. The van der Waals surface area contributed by atoms with Gasteiger partial charge in [-0.15, -0.1) is 11.3 Å². The van der Waals surface area contributed by atoms with Crippen molar-refractivity contribution in [3.05, 3.63) is 45.4 Å². The predicted molar refractivity (Wildman–Crippen MR) is 86.9 cm³/mol. The maximum atomic E-state index is 5.83. The maximum absolute atomic E-state index is 5.83. The van der Waals surface area contributed by atoms with Gasteiger partial charge in [0.2, 0.25) is 0 Å². The van der Waals surface area contributed by atoms with Crippen molar-refractivity contribution in [1.29, 1.82) is 0 Å². The Bertz CT molecular complexity index is 587. The van der Waals surface area contributed by atoms with E-state index in [1.165, 1.54) is 29.0 Å². The van der Waals surface area contributed by atoms with Crippen molar-refractivity contribution < 1.29 is 4.74 Å². The van der Waals surface area contributed by atoms with Crippen LogP contribution in [0.5, 0.6) is 5.75 Å². The monoisotopic (exact) mass is 302 g/mol. The van der Waals surface area contributed by atoms with E-state index in [9.17, 15) is 0 Å². The molecule has 0 spiro atoms. The van der Waals surface area contributed by atoms with Crippen LogP contribution in [0.2, 0.25) is 0 Å². The van der Waals surface area contributed by atoms with Crippen LogP contribution >= 0.6 is 11.3 Å². The zero-order valence-electron chi connectivity index (χ0n) is 12.7. The lowest BCUT2D eigenvalue weighted by atomic mass is 10.2. The summed E-state index contributed by atoms with van der Waals surface area (Å²) in [6.07, 6.45) is 3.63. The molecule has 1 N–H and O–H groups in total. The number of ether oxygens (including phenoxy) is 1. The Morgan fingerprint density at radius 2 is 2.05 bits per heavy atom. The summed E-state index contributed by atoms with van der Waals surface area (Å²) in [5, 5.41) is 4.64. The number of thiazole rings is 1. The Morgan fingerprint density at radius 1 is 1.29 bits per heavy atom. The van der Waals surface area contributed by atoms with Gasteiger partial charge in [-0.2, -0.15) is 0 Å². The lowest BCUT2D eigenvalue weighted by Gasteiger charge is -2.03. The first kappa shape index (κ1) is 14.5. The number of aryl methyl sites for hydroxylation is 2. The summed E-state index contributed by atoms with van der Waals surface area (Å²) in [5.74, 6) is 0.909. The van der Waals surface area contributed by atoms with E-state index in [0.717, 1.165) is 29.8 Å². The summed E-state index contributed by atoms with van der Waals surface area (Å²) in [6.45, 7) is 5.76. The van der Waals surface area contributed by atoms with Gasteiger partial charge >= 0.3 is 0 Å². The first-order valence-corrected chi connectivity index (χ1v) is 8.46. The SMILES string of the molecule is CCc1nc(COc2ccc(C)cc2)sc1CNC1CC1. The fourth-order valence-corrected chi connectivity index (χ4v) is 3.24. The van der Waals surface area contributed by atoms with E-state index in [1.807, 2.05) is 12.1 Å². The van der Waals surface area contributed by atoms with Gasteiger partial charge in [0, 0.05) is 17.5 Å². The first-order chi connectivity index (χ1) is 10.2. The summed E-state index contributed by atoms with van der Waals surface area (Å²) < 4.78 is 5.83. The zero-order chi connectivity index (χ0) is 14.7. The third-order valence-electron chi connectivity index (χ3n) is 3.67. The average Bonchev–Trinajstić information content (AvgIpc) is 3.24. The standard InChI is InChI=1S/C17H22N2OS/c1-3-15-16(10-18-13-6-7-13)21-17(19-15)11-20-14-8-4-12(2)5-9-14/h4-5,8-9,13,18H,3,6-7,10-11H2,1-2H3. The Kier molecular flexibility index (Phi) is 4.56. The molecule has 2 aromatic rings. The van der Waals surface area contributed by atoms with Gasteiger partial charge in [-0.25, -0.2) is 4.98 Å². The van der Waals surface area contributed by atoms with Crippen molar-refractivity contribution >= 4 is 11.3 Å². The van der Waals surface area contributed by atoms with Crippen molar-refractivity contribution in [2.24, 2.45) is 0 Å². The largest absolute Gasteiger partial charge is 0.486 e. The molecule has 0 radical (unpaired) electrons. The third kappa shape index (κ3) is 4.05. The summed E-state index contributed by atoms with van der Waals surface area (Å²) >= 11 is 1.78. The fourth-order valence-electron chi connectivity index (χ4n) is 2.22. The van der Waals surface area contributed by atoms with Gasteiger partial charge in [0.1, 0.15) is 17.4 Å². The number of hydrogen-bond acceptors (Lipinski definition) is 4. The average molecular weight is 302 g/mol. The molecule has 4 heteroatoms. The van der Waals surface area contributed by atoms with E-state index < -0.39 is 0 Å². The highest BCUT2D eigenvalue weighted by Crippen LogP contribution is 2.24. The van der Waals surface area contributed by atoms with Crippen LogP contribution in [0.3, 0.4) is 0 Å². The summed E-state index contributed by atoms with van der Waals surface area (Å²) in [7, 11) is 0. The van der Waals surface area contributed by atoms with Crippen LogP contribution in [0.15, 0.2) is 24.3 Å². The van der Waals surface area contributed by atoms with Crippen LogP contribution < -0.4 is 10.1 Å². The van der Waals surface area contributed by atoms with Crippen molar-refractivity contribution in [3.8, 4) is 5.75 Å². The highest BCUT2D eigenvalue weighted by molar-refractivity contribution is 7.11. The van der Waals surface area contributed by atoms with Crippen LogP contribution in [0.1, 0.15) is 40.9 Å². The fraction of sp³-hybridized carbons (Fsp3) is 0.471. The number of rotatable bonds is 7. The van der Waals surface area contributed by atoms with Gasteiger partial charge in [-0.3, -0.25) is 0 Å². The molecule has 112 valence electrons. The molecule has 1 aromatic heterocycles. The molecular formula is C17H22N2OS. The minimum Gasteiger partial charge on any atom is -0.486 e.